The molecule has 0 amide bonds. The molecule has 2 rings (SSSR count). The normalized spacial score (nSPS) is 20.3. The average Bonchev–Trinajstić information content (AvgIpc) is 2.25. The molecule has 0 aliphatic carbocycles. The van der Waals surface area contributed by atoms with Gasteiger partial charge in [0.2, 0.25) is 9.84 Å². The third-order valence-corrected chi connectivity index (χ3v) is 4.61. The smallest absolute Gasteiger partial charge is 0.275 e. The molecule has 0 unspecified atom stereocenters. The minimum absolute atomic E-state index is 0.00243. The van der Waals surface area contributed by atoms with Crippen LogP contribution in [0.15, 0.2) is 23.1 Å². The van der Waals surface area contributed by atoms with E-state index in [0.29, 0.717) is 11.4 Å². The van der Waals surface area contributed by atoms with Gasteiger partial charge in [0.25, 0.3) is 5.12 Å². The van der Waals surface area contributed by atoms with Crippen LogP contribution in [-0.4, -0.2) is 26.2 Å². The molecule has 1 aromatic rings. The molecule has 0 spiro atoms. The van der Waals surface area contributed by atoms with Crippen molar-refractivity contribution in [1.82, 2.24) is 0 Å². The van der Waals surface area contributed by atoms with Crippen molar-refractivity contribution >= 4 is 20.6 Å². The number of benzene rings is 1. The van der Waals surface area contributed by atoms with Crippen molar-refractivity contribution in [2.24, 2.45) is 0 Å². The van der Waals surface area contributed by atoms with Gasteiger partial charge in [-0.25, -0.2) is 8.42 Å². The molecular formula is C11H13NO4S. The zero-order valence-corrected chi connectivity index (χ0v) is 10.6. The molecule has 5 nitrogen and oxygen atoms in total. The fraction of sp³-hybridized carbons (Fsp3) is 0.364. The molecule has 0 radical (unpaired) electrons. The zero-order valence-electron chi connectivity index (χ0n) is 9.77. The van der Waals surface area contributed by atoms with Gasteiger partial charge in [0.1, 0.15) is 11.3 Å². The number of nitrogens with one attached hydrogen (secondary N) is 1. The monoisotopic (exact) mass is 255 g/mol. The van der Waals surface area contributed by atoms with Crippen LogP contribution in [0.1, 0.15) is 13.8 Å². The number of methoxy groups -OCH3 is 1. The van der Waals surface area contributed by atoms with E-state index in [1.54, 1.807) is 6.07 Å². The van der Waals surface area contributed by atoms with Crippen LogP contribution in [0, 0.1) is 0 Å². The van der Waals surface area contributed by atoms with E-state index in [1.165, 1.54) is 33.1 Å². The fourth-order valence-corrected chi connectivity index (χ4v) is 3.36. The number of anilines is 1. The molecule has 1 aliphatic rings. The molecule has 0 aromatic heterocycles. The molecule has 17 heavy (non-hydrogen) atoms. The summed E-state index contributed by atoms with van der Waals surface area (Å²) >= 11 is 0. The van der Waals surface area contributed by atoms with Crippen molar-refractivity contribution < 1.29 is 17.9 Å². The second-order valence-electron chi connectivity index (χ2n) is 4.40. The third kappa shape index (κ3) is 1.68. The standard InChI is InChI=1S/C11H13NO4S/c1-11(2)10(13)17(14,15)9-5-4-7(16-3)6-8(9)12-11/h4-6,12H,1-3H3. The summed E-state index contributed by atoms with van der Waals surface area (Å²) in [5.41, 5.74) is -0.730. The van der Waals surface area contributed by atoms with Gasteiger partial charge in [-0.05, 0) is 26.0 Å². The van der Waals surface area contributed by atoms with Crippen molar-refractivity contribution in [2.45, 2.75) is 24.3 Å². The lowest BCUT2D eigenvalue weighted by Gasteiger charge is -2.31. The van der Waals surface area contributed by atoms with Gasteiger partial charge in [-0.3, -0.25) is 4.79 Å². The quantitative estimate of drug-likeness (QED) is 0.816. The summed E-state index contributed by atoms with van der Waals surface area (Å²) in [7, 11) is -2.41. The Kier molecular flexibility index (Phi) is 2.43. The van der Waals surface area contributed by atoms with E-state index < -0.39 is 20.5 Å². The maximum absolute atomic E-state index is 12.0. The van der Waals surface area contributed by atoms with Gasteiger partial charge >= 0.3 is 0 Å². The van der Waals surface area contributed by atoms with Crippen LogP contribution in [0.2, 0.25) is 0 Å². The van der Waals surface area contributed by atoms with E-state index in [9.17, 15) is 13.2 Å². The minimum atomic E-state index is -3.91. The molecule has 6 heteroatoms. The second-order valence-corrected chi connectivity index (χ2v) is 6.22. The van der Waals surface area contributed by atoms with Crippen molar-refractivity contribution in [2.75, 3.05) is 12.4 Å². The highest BCUT2D eigenvalue weighted by Gasteiger charge is 2.44. The molecule has 1 aliphatic heterocycles. The van der Waals surface area contributed by atoms with E-state index in [1.807, 2.05) is 0 Å². The molecule has 0 fully saturated rings. The van der Waals surface area contributed by atoms with Crippen molar-refractivity contribution in [3.05, 3.63) is 18.2 Å². The van der Waals surface area contributed by atoms with E-state index in [0.717, 1.165) is 0 Å². The zero-order chi connectivity index (χ0) is 12.8. The van der Waals surface area contributed by atoms with Crippen molar-refractivity contribution in [3.63, 3.8) is 0 Å². The lowest BCUT2D eigenvalue weighted by atomic mass is 10.1. The highest BCUT2D eigenvalue weighted by atomic mass is 32.2. The van der Waals surface area contributed by atoms with E-state index in [2.05, 4.69) is 5.32 Å². The Morgan fingerprint density at radius 2 is 1.94 bits per heavy atom. The second kappa shape index (κ2) is 3.46. The topological polar surface area (TPSA) is 72.5 Å². The van der Waals surface area contributed by atoms with Gasteiger partial charge in [-0.1, -0.05) is 0 Å². The Balaban J connectivity index is 2.70. The number of carbonyl (C=O) groups is 1. The first-order valence-corrected chi connectivity index (χ1v) is 6.53. The Morgan fingerprint density at radius 3 is 2.53 bits per heavy atom. The van der Waals surface area contributed by atoms with Gasteiger partial charge in [-0.15, -0.1) is 0 Å². The first kappa shape index (κ1) is 11.9. The molecule has 1 heterocycles. The Hall–Kier alpha value is -1.56. The Bertz CT molecular complexity index is 589. The SMILES string of the molecule is COc1ccc2c(c1)NC(C)(C)C(=O)S2(=O)=O. The first-order valence-electron chi connectivity index (χ1n) is 5.05. The summed E-state index contributed by atoms with van der Waals surface area (Å²) in [6.45, 7) is 3.07. The summed E-state index contributed by atoms with van der Waals surface area (Å²) in [4.78, 5) is 11.8. The predicted octanol–water partition coefficient (Wildman–Crippen LogP) is 1.20. The van der Waals surface area contributed by atoms with Crippen LogP contribution in [0.4, 0.5) is 5.69 Å². The molecule has 0 saturated carbocycles. The van der Waals surface area contributed by atoms with Crippen LogP contribution in [0.3, 0.4) is 0 Å². The highest BCUT2D eigenvalue weighted by Crippen LogP contribution is 2.35. The Morgan fingerprint density at radius 1 is 1.29 bits per heavy atom. The summed E-state index contributed by atoms with van der Waals surface area (Å²) in [6.07, 6.45) is 0. The van der Waals surface area contributed by atoms with Crippen molar-refractivity contribution in [1.29, 1.82) is 0 Å². The van der Waals surface area contributed by atoms with E-state index >= 15 is 0 Å². The summed E-state index contributed by atoms with van der Waals surface area (Å²) in [6, 6.07) is 4.47. The summed E-state index contributed by atoms with van der Waals surface area (Å²) in [5, 5.41) is 2.09. The van der Waals surface area contributed by atoms with Gasteiger partial charge in [-0.2, -0.15) is 0 Å². The lowest BCUT2D eigenvalue weighted by molar-refractivity contribution is -0.114. The van der Waals surface area contributed by atoms with Crippen LogP contribution >= 0.6 is 0 Å². The van der Waals surface area contributed by atoms with Crippen LogP contribution in [0.5, 0.6) is 5.75 Å². The number of hydrogen-bond donors (Lipinski definition) is 1. The van der Waals surface area contributed by atoms with E-state index in [-0.39, 0.29) is 4.90 Å². The number of rotatable bonds is 1. The third-order valence-electron chi connectivity index (χ3n) is 2.68. The lowest BCUT2D eigenvalue weighted by Crippen LogP contribution is -2.48. The molecule has 92 valence electrons. The number of ether oxygens (including phenoxy) is 1. The fourth-order valence-electron chi connectivity index (χ4n) is 1.79. The van der Waals surface area contributed by atoms with E-state index in [4.69, 9.17) is 4.74 Å². The highest BCUT2D eigenvalue weighted by molar-refractivity contribution is 8.06. The average molecular weight is 255 g/mol. The Labute approximate surface area is 99.7 Å². The maximum Gasteiger partial charge on any atom is 0.275 e. The molecule has 0 bridgehead atoms. The predicted molar refractivity (Wildman–Crippen MR) is 62.9 cm³/mol. The first-order chi connectivity index (χ1) is 7.79. The summed E-state index contributed by atoms with van der Waals surface area (Å²) < 4.78 is 29.0. The molecule has 1 aromatic carbocycles. The van der Waals surface area contributed by atoms with Gasteiger partial charge in [0, 0.05) is 6.07 Å². The van der Waals surface area contributed by atoms with Crippen LogP contribution in [0.25, 0.3) is 0 Å². The number of fused-ring (bicyclic) bond motifs is 1. The van der Waals surface area contributed by atoms with Crippen molar-refractivity contribution in [3.8, 4) is 5.75 Å². The number of sulfone groups is 1. The van der Waals surface area contributed by atoms with Crippen LogP contribution < -0.4 is 10.1 Å². The molecule has 1 N–H and O–H groups in total. The largest absolute Gasteiger partial charge is 0.497 e. The number of carbonyl (C=O) groups excluding carboxylic acids is 1. The minimum Gasteiger partial charge on any atom is -0.497 e. The van der Waals surface area contributed by atoms with Gasteiger partial charge in [0.15, 0.2) is 0 Å². The maximum atomic E-state index is 12.0. The number of hydrogen-bond acceptors (Lipinski definition) is 5. The van der Waals surface area contributed by atoms with Gasteiger partial charge < -0.3 is 10.1 Å². The molecule has 0 saturated heterocycles. The van der Waals surface area contributed by atoms with Gasteiger partial charge in [0.05, 0.1) is 17.7 Å². The molecular weight excluding hydrogens is 242 g/mol. The summed E-state index contributed by atoms with van der Waals surface area (Å²) in [5.74, 6) is 0.539. The molecule has 0 atom stereocenters. The van der Waals surface area contributed by atoms with Crippen LogP contribution in [-0.2, 0) is 14.6 Å².